The Labute approximate surface area is 104 Å². The molecule has 5 unspecified atom stereocenters. The van der Waals surface area contributed by atoms with Crippen LogP contribution in [0.4, 0.5) is 0 Å². The second-order valence-electron chi connectivity index (χ2n) is 5.56. The molecular weight excluding hydrogens is 236 g/mol. The molecule has 6 nitrogen and oxygen atoms in total. The maximum absolute atomic E-state index is 11.5. The molecule has 0 aromatic heterocycles. The molecule has 1 saturated heterocycles. The number of carbonyl (C=O) groups is 3. The summed E-state index contributed by atoms with van der Waals surface area (Å²) in [5, 5.41) is 14.6. The Morgan fingerprint density at radius 2 is 2.00 bits per heavy atom. The van der Waals surface area contributed by atoms with Crippen LogP contribution in [0.1, 0.15) is 25.7 Å². The predicted octanol–water partition coefficient (Wildman–Crippen LogP) is -0.510. The highest BCUT2D eigenvalue weighted by Gasteiger charge is 2.52. The van der Waals surface area contributed by atoms with Crippen molar-refractivity contribution in [1.82, 2.24) is 10.6 Å². The number of imide groups is 1. The van der Waals surface area contributed by atoms with Gasteiger partial charge in [0.25, 0.3) is 0 Å². The van der Waals surface area contributed by atoms with Gasteiger partial charge in [0, 0.05) is 6.04 Å². The zero-order valence-electron chi connectivity index (χ0n) is 9.89. The van der Waals surface area contributed by atoms with E-state index in [2.05, 4.69) is 10.6 Å². The van der Waals surface area contributed by atoms with Crippen molar-refractivity contribution < 1.29 is 19.5 Å². The number of rotatable bonds is 3. The molecule has 98 valence electrons. The largest absolute Gasteiger partial charge is 0.481 e. The third-order valence-corrected chi connectivity index (χ3v) is 4.56. The minimum atomic E-state index is -0.788. The summed E-state index contributed by atoms with van der Waals surface area (Å²) in [4.78, 5) is 34.0. The van der Waals surface area contributed by atoms with Crippen LogP contribution >= 0.6 is 0 Å². The van der Waals surface area contributed by atoms with E-state index in [0.29, 0.717) is 5.92 Å². The normalized spacial score (nSPS) is 42.3. The summed E-state index contributed by atoms with van der Waals surface area (Å²) in [7, 11) is 0. The number of hydrogen-bond acceptors (Lipinski definition) is 4. The van der Waals surface area contributed by atoms with E-state index < -0.39 is 17.9 Å². The molecule has 0 aromatic carbocycles. The quantitative estimate of drug-likeness (QED) is 0.588. The van der Waals surface area contributed by atoms with Crippen LogP contribution in [-0.2, 0) is 14.4 Å². The number of hydrogen-bond donors (Lipinski definition) is 3. The van der Waals surface area contributed by atoms with Crippen LogP contribution in [0.25, 0.3) is 0 Å². The molecular formula is C12H16N2O4. The Morgan fingerprint density at radius 1 is 1.28 bits per heavy atom. The molecule has 2 saturated carbocycles. The first-order chi connectivity index (χ1) is 8.56. The molecule has 0 aromatic rings. The van der Waals surface area contributed by atoms with Gasteiger partial charge in [-0.05, 0) is 31.1 Å². The highest BCUT2D eigenvalue weighted by atomic mass is 16.4. The van der Waals surface area contributed by atoms with Gasteiger partial charge in [0.05, 0.1) is 18.4 Å². The summed E-state index contributed by atoms with van der Waals surface area (Å²) >= 11 is 0. The van der Waals surface area contributed by atoms with Gasteiger partial charge in [0.2, 0.25) is 11.8 Å². The van der Waals surface area contributed by atoms with Crippen molar-refractivity contribution in [3.05, 3.63) is 0 Å². The lowest BCUT2D eigenvalue weighted by Gasteiger charge is -2.30. The van der Waals surface area contributed by atoms with E-state index in [9.17, 15) is 19.5 Å². The third-order valence-electron chi connectivity index (χ3n) is 4.56. The van der Waals surface area contributed by atoms with Gasteiger partial charge in [-0.3, -0.25) is 19.7 Å². The molecule has 2 amide bonds. The molecule has 3 rings (SSSR count). The SMILES string of the molecule is O=C1CC(NC2C3CCC(C3)C2C(=O)O)C(=O)N1. The monoisotopic (exact) mass is 252 g/mol. The van der Waals surface area contributed by atoms with Crippen LogP contribution in [0.2, 0.25) is 0 Å². The Bertz CT molecular complexity index is 422. The smallest absolute Gasteiger partial charge is 0.308 e. The Hall–Kier alpha value is -1.43. The first-order valence-corrected chi connectivity index (χ1v) is 6.39. The van der Waals surface area contributed by atoms with Crippen LogP contribution in [-0.4, -0.2) is 35.0 Å². The Morgan fingerprint density at radius 3 is 2.61 bits per heavy atom. The summed E-state index contributed by atoms with van der Waals surface area (Å²) in [6.07, 6.45) is 3.04. The van der Waals surface area contributed by atoms with Gasteiger partial charge in [-0.15, -0.1) is 0 Å². The number of nitrogens with one attached hydrogen (secondary N) is 2. The third kappa shape index (κ3) is 1.71. The zero-order chi connectivity index (χ0) is 12.9. The van der Waals surface area contributed by atoms with Gasteiger partial charge in [-0.1, -0.05) is 0 Å². The molecule has 18 heavy (non-hydrogen) atoms. The number of carboxylic acid groups (broad SMARTS) is 1. The minimum Gasteiger partial charge on any atom is -0.481 e. The van der Waals surface area contributed by atoms with E-state index in [1.54, 1.807) is 0 Å². The van der Waals surface area contributed by atoms with E-state index in [0.717, 1.165) is 19.3 Å². The van der Waals surface area contributed by atoms with Crippen LogP contribution in [0, 0.1) is 17.8 Å². The molecule has 2 bridgehead atoms. The molecule has 3 N–H and O–H groups in total. The predicted molar refractivity (Wildman–Crippen MR) is 60.4 cm³/mol. The zero-order valence-corrected chi connectivity index (χ0v) is 9.89. The number of fused-ring (bicyclic) bond motifs is 2. The Kier molecular flexibility index (Phi) is 2.62. The van der Waals surface area contributed by atoms with E-state index in [1.807, 2.05) is 0 Å². The molecule has 5 atom stereocenters. The topological polar surface area (TPSA) is 95.5 Å². The van der Waals surface area contributed by atoms with Crippen molar-refractivity contribution in [3.63, 3.8) is 0 Å². The number of aliphatic carboxylic acids is 1. The fourth-order valence-corrected chi connectivity index (χ4v) is 3.81. The van der Waals surface area contributed by atoms with Crippen molar-refractivity contribution in [2.75, 3.05) is 0 Å². The summed E-state index contributed by atoms with van der Waals surface area (Å²) in [6.45, 7) is 0. The minimum absolute atomic E-state index is 0.124. The summed E-state index contributed by atoms with van der Waals surface area (Å²) in [5.74, 6) is -1.25. The molecule has 3 aliphatic rings. The second-order valence-corrected chi connectivity index (χ2v) is 5.56. The maximum Gasteiger partial charge on any atom is 0.308 e. The lowest BCUT2D eigenvalue weighted by atomic mass is 9.84. The van der Waals surface area contributed by atoms with E-state index >= 15 is 0 Å². The van der Waals surface area contributed by atoms with E-state index in [1.165, 1.54) is 0 Å². The first kappa shape index (κ1) is 11.6. The summed E-state index contributed by atoms with van der Waals surface area (Å²) < 4.78 is 0. The van der Waals surface area contributed by atoms with Crippen molar-refractivity contribution in [1.29, 1.82) is 0 Å². The molecule has 1 heterocycles. The van der Waals surface area contributed by atoms with Crippen LogP contribution in [0.3, 0.4) is 0 Å². The second kappa shape index (κ2) is 4.05. The fraction of sp³-hybridized carbons (Fsp3) is 0.750. The average Bonchev–Trinajstić information content (AvgIpc) is 2.94. The van der Waals surface area contributed by atoms with Gasteiger partial charge in [0.1, 0.15) is 0 Å². The molecule has 0 radical (unpaired) electrons. The van der Waals surface area contributed by atoms with E-state index in [-0.39, 0.29) is 30.2 Å². The first-order valence-electron chi connectivity index (χ1n) is 6.39. The van der Waals surface area contributed by atoms with E-state index in [4.69, 9.17) is 0 Å². The van der Waals surface area contributed by atoms with Gasteiger partial charge < -0.3 is 10.4 Å². The molecule has 1 aliphatic heterocycles. The van der Waals surface area contributed by atoms with Crippen LogP contribution in [0.15, 0.2) is 0 Å². The van der Waals surface area contributed by atoms with Gasteiger partial charge >= 0.3 is 5.97 Å². The Balaban J connectivity index is 1.73. The fourth-order valence-electron chi connectivity index (χ4n) is 3.81. The van der Waals surface area contributed by atoms with Gasteiger partial charge in [-0.2, -0.15) is 0 Å². The number of carbonyl (C=O) groups excluding carboxylic acids is 2. The molecule has 0 spiro atoms. The summed E-state index contributed by atoms with van der Waals surface area (Å²) in [6, 6.07) is -0.716. The highest BCUT2D eigenvalue weighted by Crippen LogP contribution is 2.48. The average molecular weight is 252 g/mol. The number of amides is 2. The molecule has 2 aliphatic carbocycles. The maximum atomic E-state index is 11.5. The van der Waals surface area contributed by atoms with Crippen molar-refractivity contribution in [2.24, 2.45) is 17.8 Å². The highest BCUT2D eigenvalue weighted by molar-refractivity contribution is 6.05. The van der Waals surface area contributed by atoms with Crippen molar-refractivity contribution >= 4 is 17.8 Å². The van der Waals surface area contributed by atoms with Gasteiger partial charge in [0.15, 0.2) is 0 Å². The molecule has 6 heteroatoms. The lowest BCUT2D eigenvalue weighted by molar-refractivity contribution is -0.144. The summed E-state index contributed by atoms with van der Waals surface area (Å²) in [5.41, 5.74) is 0. The number of carboxylic acids is 1. The van der Waals surface area contributed by atoms with Crippen LogP contribution in [0.5, 0.6) is 0 Å². The van der Waals surface area contributed by atoms with Gasteiger partial charge in [-0.25, -0.2) is 0 Å². The van der Waals surface area contributed by atoms with Crippen molar-refractivity contribution in [3.8, 4) is 0 Å². The van der Waals surface area contributed by atoms with Crippen molar-refractivity contribution in [2.45, 2.75) is 37.8 Å². The molecule has 3 fully saturated rings. The lowest BCUT2D eigenvalue weighted by Crippen LogP contribution is -2.50. The van der Waals surface area contributed by atoms with Crippen LogP contribution < -0.4 is 10.6 Å². The standard InChI is InChI=1S/C12H16N2O4/c15-8-4-7(11(16)14-8)13-10-6-2-1-5(3-6)9(10)12(17)18/h5-7,9-10,13H,1-4H2,(H,17,18)(H,14,15,16).